The summed E-state index contributed by atoms with van der Waals surface area (Å²) in [5.74, 6) is 1.34. The molecular formula is C15H9N3O2. The fraction of sp³-hybridized carbons (Fsp3) is 0. The Kier molecular flexibility index (Phi) is 2.35. The van der Waals surface area contributed by atoms with Crippen LogP contribution in [0.2, 0.25) is 0 Å². The molecular weight excluding hydrogens is 254 g/mol. The SMILES string of the molecule is c1coc(-c2nc(-c3cc4ccccc4cn3)no2)c1. The standard InChI is InChI=1S/C15H9N3O2/c1-2-5-11-9-16-12(8-10(11)4-1)14-17-15(20-18-14)13-6-3-7-19-13/h1-9H. The molecule has 0 fully saturated rings. The lowest BCUT2D eigenvalue weighted by Crippen LogP contribution is -1.86. The zero-order valence-corrected chi connectivity index (χ0v) is 10.4. The van der Waals surface area contributed by atoms with E-state index in [-0.39, 0.29) is 0 Å². The fourth-order valence-electron chi connectivity index (χ4n) is 2.03. The van der Waals surface area contributed by atoms with Crippen LogP contribution in [-0.4, -0.2) is 15.1 Å². The first-order valence-electron chi connectivity index (χ1n) is 6.13. The maximum Gasteiger partial charge on any atom is 0.293 e. The van der Waals surface area contributed by atoms with Crippen LogP contribution >= 0.6 is 0 Å². The van der Waals surface area contributed by atoms with Crippen LogP contribution in [-0.2, 0) is 0 Å². The van der Waals surface area contributed by atoms with Crippen LogP contribution in [0.25, 0.3) is 33.9 Å². The van der Waals surface area contributed by atoms with Gasteiger partial charge in [0.05, 0.1) is 6.26 Å². The number of benzene rings is 1. The van der Waals surface area contributed by atoms with Crippen LogP contribution < -0.4 is 0 Å². The Balaban J connectivity index is 1.79. The molecule has 3 aromatic heterocycles. The third kappa shape index (κ3) is 1.76. The Morgan fingerprint density at radius 3 is 2.70 bits per heavy atom. The third-order valence-corrected chi connectivity index (χ3v) is 3.02. The topological polar surface area (TPSA) is 65.0 Å². The molecule has 0 aliphatic heterocycles. The summed E-state index contributed by atoms with van der Waals surface area (Å²) < 4.78 is 10.4. The van der Waals surface area contributed by atoms with Crippen molar-refractivity contribution >= 4 is 10.8 Å². The van der Waals surface area contributed by atoms with Gasteiger partial charge in [-0.2, -0.15) is 4.98 Å². The van der Waals surface area contributed by atoms with E-state index in [2.05, 4.69) is 15.1 Å². The normalized spacial score (nSPS) is 11.0. The Bertz CT molecular complexity index is 866. The highest BCUT2D eigenvalue weighted by atomic mass is 16.5. The molecule has 0 atom stereocenters. The van der Waals surface area contributed by atoms with Gasteiger partial charge in [0.1, 0.15) is 5.69 Å². The number of aromatic nitrogens is 3. The van der Waals surface area contributed by atoms with E-state index in [1.54, 1.807) is 24.6 Å². The predicted octanol–water partition coefficient (Wildman–Crippen LogP) is 3.54. The van der Waals surface area contributed by atoms with E-state index < -0.39 is 0 Å². The average molecular weight is 263 g/mol. The fourth-order valence-corrected chi connectivity index (χ4v) is 2.03. The summed E-state index contributed by atoms with van der Waals surface area (Å²) in [5, 5.41) is 6.10. The molecule has 0 saturated heterocycles. The first-order chi connectivity index (χ1) is 9.90. The molecule has 0 amide bonds. The van der Waals surface area contributed by atoms with E-state index in [0.717, 1.165) is 10.8 Å². The minimum Gasteiger partial charge on any atom is -0.459 e. The molecule has 0 bridgehead atoms. The Hall–Kier alpha value is -2.95. The van der Waals surface area contributed by atoms with Crippen LogP contribution in [0.5, 0.6) is 0 Å². The molecule has 96 valence electrons. The van der Waals surface area contributed by atoms with E-state index >= 15 is 0 Å². The summed E-state index contributed by atoms with van der Waals surface area (Å²) in [6.07, 6.45) is 3.36. The van der Waals surface area contributed by atoms with E-state index in [0.29, 0.717) is 23.2 Å². The highest BCUT2D eigenvalue weighted by molar-refractivity contribution is 5.84. The second kappa shape index (κ2) is 4.31. The summed E-state index contributed by atoms with van der Waals surface area (Å²) >= 11 is 0. The number of pyridine rings is 1. The maximum atomic E-state index is 5.22. The van der Waals surface area contributed by atoms with Crippen molar-refractivity contribution in [3.63, 3.8) is 0 Å². The van der Waals surface area contributed by atoms with Gasteiger partial charge in [0.15, 0.2) is 5.76 Å². The number of nitrogens with zero attached hydrogens (tertiary/aromatic N) is 3. The van der Waals surface area contributed by atoms with Gasteiger partial charge < -0.3 is 8.94 Å². The lowest BCUT2D eigenvalue weighted by molar-refractivity contribution is 0.416. The largest absolute Gasteiger partial charge is 0.459 e. The molecule has 5 nitrogen and oxygen atoms in total. The Morgan fingerprint density at radius 1 is 0.950 bits per heavy atom. The lowest BCUT2D eigenvalue weighted by Gasteiger charge is -1.98. The molecule has 0 spiro atoms. The molecule has 20 heavy (non-hydrogen) atoms. The molecule has 0 saturated carbocycles. The number of rotatable bonds is 2. The van der Waals surface area contributed by atoms with Crippen molar-refractivity contribution in [2.24, 2.45) is 0 Å². The first kappa shape index (κ1) is 10.9. The zero-order valence-electron chi connectivity index (χ0n) is 10.4. The van der Waals surface area contributed by atoms with Gasteiger partial charge >= 0.3 is 0 Å². The van der Waals surface area contributed by atoms with Gasteiger partial charge in [-0.05, 0) is 23.6 Å². The maximum absolute atomic E-state index is 5.22. The van der Waals surface area contributed by atoms with Crippen molar-refractivity contribution in [3.8, 4) is 23.2 Å². The Morgan fingerprint density at radius 2 is 1.85 bits per heavy atom. The molecule has 0 aliphatic rings. The van der Waals surface area contributed by atoms with Crippen molar-refractivity contribution in [1.82, 2.24) is 15.1 Å². The van der Waals surface area contributed by atoms with Crippen LogP contribution in [0, 0.1) is 0 Å². The van der Waals surface area contributed by atoms with Gasteiger partial charge in [0.25, 0.3) is 5.89 Å². The van der Waals surface area contributed by atoms with Crippen LogP contribution in [0.4, 0.5) is 0 Å². The highest BCUT2D eigenvalue weighted by Crippen LogP contribution is 2.23. The van der Waals surface area contributed by atoms with Gasteiger partial charge in [-0.3, -0.25) is 4.98 Å². The molecule has 1 aromatic carbocycles. The van der Waals surface area contributed by atoms with Crippen LogP contribution in [0.3, 0.4) is 0 Å². The minimum atomic E-state index is 0.347. The van der Waals surface area contributed by atoms with E-state index in [4.69, 9.17) is 8.94 Å². The quantitative estimate of drug-likeness (QED) is 0.553. The number of fused-ring (bicyclic) bond motifs is 1. The molecule has 0 aliphatic carbocycles. The van der Waals surface area contributed by atoms with Crippen molar-refractivity contribution in [2.45, 2.75) is 0 Å². The van der Waals surface area contributed by atoms with Gasteiger partial charge in [-0.25, -0.2) is 0 Å². The summed E-state index contributed by atoms with van der Waals surface area (Å²) in [7, 11) is 0. The van der Waals surface area contributed by atoms with Crippen molar-refractivity contribution in [2.75, 3.05) is 0 Å². The van der Waals surface area contributed by atoms with Crippen molar-refractivity contribution in [3.05, 3.63) is 54.9 Å². The second-order valence-electron chi connectivity index (χ2n) is 4.32. The highest BCUT2D eigenvalue weighted by Gasteiger charge is 2.13. The second-order valence-corrected chi connectivity index (χ2v) is 4.32. The molecule has 5 heteroatoms. The minimum absolute atomic E-state index is 0.347. The smallest absolute Gasteiger partial charge is 0.293 e. The average Bonchev–Trinajstić information content (AvgIpc) is 3.17. The number of hydrogen-bond acceptors (Lipinski definition) is 5. The van der Waals surface area contributed by atoms with Gasteiger partial charge in [0, 0.05) is 11.6 Å². The van der Waals surface area contributed by atoms with E-state index in [1.807, 2.05) is 30.3 Å². The van der Waals surface area contributed by atoms with Crippen LogP contribution in [0.15, 0.2) is 63.9 Å². The molecule has 0 radical (unpaired) electrons. The van der Waals surface area contributed by atoms with Gasteiger partial charge in [-0.1, -0.05) is 29.4 Å². The number of hydrogen-bond donors (Lipinski definition) is 0. The van der Waals surface area contributed by atoms with E-state index in [9.17, 15) is 0 Å². The van der Waals surface area contributed by atoms with Crippen molar-refractivity contribution < 1.29 is 8.94 Å². The van der Waals surface area contributed by atoms with Crippen LogP contribution in [0.1, 0.15) is 0 Å². The van der Waals surface area contributed by atoms with Gasteiger partial charge in [0.2, 0.25) is 5.82 Å². The molecule has 0 N–H and O–H groups in total. The van der Waals surface area contributed by atoms with Gasteiger partial charge in [-0.15, -0.1) is 0 Å². The van der Waals surface area contributed by atoms with E-state index in [1.165, 1.54) is 0 Å². The summed E-state index contributed by atoms with van der Waals surface area (Å²) in [5.41, 5.74) is 0.672. The molecule has 3 heterocycles. The summed E-state index contributed by atoms with van der Waals surface area (Å²) in [6, 6.07) is 13.5. The number of furan rings is 1. The molecule has 4 aromatic rings. The van der Waals surface area contributed by atoms with Crippen molar-refractivity contribution in [1.29, 1.82) is 0 Å². The summed E-state index contributed by atoms with van der Waals surface area (Å²) in [4.78, 5) is 8.65. The molecule has 4 rings (SSSR count). The molecule has 0 unspecified atom stereocenters. The monoisotopic (exact) mass is 263 g/mol. The summed E-state index contributed by atoms with van der Waals surface area (Å²) in [6.45, 7) is 0. The lowest BCUT2D eigenvalue weighted by atomic mass is 10.1. The Labute approximate surface area is 113 Å². The third-order valence-electron chi connectivity index (χ3n) is 3.02. The zero-order chi connectivity index (χ0) is 13.4. The first-order valence-corrected chi connectivity index (χ1v) is 6.13. The predicted molar refractivity (Wildman–Crippen MR) is 72.7 cm³/mol.